The van der Waals surface area contributed by atoms with Crippen molar-refractivity contribution in [3.63, 3.8) is 0 Å². The molecule has 0 heterocycles. The number of benzene rings is 2. The molecule has 2 aromatic carbocycles. The van der Waals surface area contributed by atoms with Crippen LogP contribution in [0.15, 0.2) is 46.9 Å². The molecule has 0 aliphatic carbocycles. The molecule has 0 fully saturated rings. The van der Waals surface area contributed by atoms with Gasteiger partial charge in [-0.05, 0) is 47.1 Å². The van der Waals surface area contributed by atoms with E-state index in [2.05, 4.69) is 27.3 Å². The molecule has 0 bridgehead atoms. The number of rotatable bonds is 5. The summed E-state index contributed by atoms with van der Waals surface area (Å²) in [5, 5.41) is 13.3. The molecule has 1 unspecified atom stereocenters. The van der Waals surface area contributed by atoms with Gasteiger partial charge in [0, 0.05) is 15.7 Å². The van der Waals surface area contributed by atoms with Crippen LogP contribution in [0.2, 0.25) is 5.02 Å². The molecule has 0 saturated carbocycles. The Balaban J connectivity index is 2.28. The van der Waals surface area contributed by atoms with E-state index < -0.39 is 6.04 Å². The first kappa shape index (κ1) is 15.7. The maximum absolute atomic E-state index is 9.45. The fraction of sp³-hybridized carbons (Fsp3) is 0.188. The van der Waals surface area contributed by atoms with Crippen LogP contribution in [0.5, 0.6) is 5.75 Å². The molecule has 1 atom stereocenters. The summed E-state index contributed by atoms with van der Waals surface area (Å²) in [4.78, 5) is 0. The predicted molar refractivity (Wildman–Crippen MR) is 88.7 cm³/mol. The molecule has 0 radical (unpaired) electrons. The van der Waals surface area contributed by atoms with E-state index in [1.807, 2.05) is 43.3 Å². The van der Waals surface area contributed by atoms with Crippen LogP contribution in [0.3, 0.4) is 0 Å². The van der Waals surface area contributed by atoms with Crippen LogP contribution in [0.1, 0.15) is 18.5 Å². The predicted octanol–water partition coefficient (Wildman–Crippen LogP) is 5.18. The third-order valence-electron chi connectivity index (χ3n) is 2.89. The molecule has 0 aliphatic heterocycles. The summed E-state index contributed by atoms with van der Waals surface area (Å²) in [6.45, 7) is 2.48. The Kier molecular flexibility index (Phi) is 5.49. The molecule has 0 aromatic heterocycles. The van der Waals surface area contributed by atoms with Gasteiger partial charge in [-0.2, -0.15) is 5.26 Å². The quantitative estimate of drug-likeness (QED) is 0.794. The molecule has 108 valence electrons. The molecule has 0 aliphatic rings. The van der Waals surface area contributed by atoms with Gasteiger partial charge in [0.2, 0.25) is 0 Å². The number of para-hydroxylation sites is 1. The lowest BCUT2D eigenvalue weighted by Gasteiger charge is -2.17. The van der Waals surface area contributed by atoms with Gasteiger partial charge in [0.25, 0.3) is 0 Å². The second kappa shape index (κ2) is 7.35. The lowest BCUT2D eigenvalue weighted by molar-refractivity contribution is 0.336. The zero-order valence-electron chi connectivity index (χ0n) is 11.4. The minimum Gasteiger partial charge on any atom is -0.493 e. The van der Waals surface area contributed by atoms with E-state index in [0.717, 1.165) is 15.7 Å². The first-order chi connectivity index (χ1) is 10.2. The van der Waals surface area contributed by atoms with Gasteiger partial charge in [-0.25, -0.2) is 0 Å². The second-order valence-electron chi connectivity index (χ2n) is 4.31. The lowest BCUT2D eigenvalue weighted by Crippen LogP contribution is -2.10. The number of nitrogens with one attached hydrogen (secondary N) is 1. The molecule has 0 spiro atoms. The molecule has 0 amide bonds. The number of nitrogens with zero attached hydrogens (tertiary/aromatic N) is 1. The molecule has 2 aromatic rings. The Morgan fingerprint density at radius 2 is 2.10 bits per heavy atom. The smallest absolute Gasteiger partial charge is 0.143 e. The van der Waals surface area contributed by atoms with Gasteiger partial charge in [0.15, 0.2) is 0 Å². The largest absolute Gasteiger partial charge is 0.493 e. The maximum atomic E-state index is 9.45. The summed E-state index contributed by atoms with van der Waals surface area (Å²) >= 11 is 9.35. The molecular formula is C16H14BrClN2O. The van der Waals surface area contributed by atoms with E-state index in [1.165, 1.54) is 0 Å². The Morgan fingerprint density at radius 3 is 2.76 bits per heavy atom. The highest BCUT2D eigenvalue weighted by Crippen LogP contribution is 2.30. The van der Waals surface area contributed by atoms with Crippen LogP contribution in [0.25, 0.3) is 0 Å². The van der Waals surface area contributed by atoms with Crippen molar-refractivity contribution in [3.8, 4) is 11.8 Å². The van der Waals surface area contributed by atoms with Crippen LogP contribution >= 0.6 is 27.5 Å². The topological polar surface area (TPSA) is 45.0 Å². The zero-order valence-corrected chi connectivity index (χ0v) is 13.8. The lowest BCUT2D eigenvalue weighted by atomic mass is 10.1. The number of hydrogen-bond donors (Lipinski definition) is 1. The van der Waals surface area contributed by atoms with Crippen LogP contribution < -0.4 is 10.1 Å². The van der Waals surface area contributed by atoms with E-state index >= 15 is 0 Å². The monoisotopic (exact) mass is 364 g/mol. The van der Waals surface area contributed by atoms with Crippen molar-refractivity contribution in [2.24, 2.45) is 0 Å². The van der Waals surface area contributed by atoms with Gasteiger partial charge in [0.1, 0.15) is 11.8 Å². The summed E-state index contributed by atoms with van der Waals surface area (Å²) in [7, 11) is 0. The molecule has 5 heteroatoms. The average Bonchev–Trinajstić information content (AvgIpc) is 2.49. The number of ether oxygens (including phenoxy) is 1. The van der Waals surface area contributed by atoms with Crippen molar-refractivity contribution < 1.29 is 4.74 Å². The summed E-state index contributed by atoms with van der Waals surface area (Å²) in [6, 6.07) is 14.7. The van der Waals surface area contributed by atoms with Crippen molar-refractivity contribution in [3.05, 3.63) is 57.5 Å². The highest BCUT2D eigenvalue weighted by atomic mass is 79.9. The normalized spacial score (nSPS) is 11.5. The molecule has 1 N–H and O–H groups in total. The number of halogens is 2. The van der Waals surface area contributed by atoms with Crippen molar-refractivity contribution >= 4 is 33.2 Å². The van der Waals surface area contributed by atoms with E-state index in [4.69, 9.17) is 16.3 Å². The zero-order chi connectivity index (χ0) is 15.2. The Labute approximate surface area is 137 Å². The fourth-order valence-corrected chi connectivity index (χ4v) is 2.43. The summed E-state index contributed by atoms with van der Waals surface area (Å²) in [5.74, 6) is 0.715. The van der Waals surface area contributed by atoms with Gasteiger partial charge in [0.05, 0.1) is 17.7 Å². The van der Waals surface area contributed by atoms with Gasteiger partial charge < -0.3 is 10.1 Å². The minimum atomic E-state index is -0.499. The fourth-order valence-electron chi connectivity index (χ4n) is 1.94. The molecule has 2 rings (SSSR count). The second-order valence-corrected chi connectivity index (χ2v) is 5.57. The van der Waals surface area contributed by atoms with Crippen molar-refractivity contribution in [2.75, 3.05) is 11.9 Å². The Hall–Kier alpha value is -1.70. The highest BCUT2D eigenvalue weighted by Gasteiger charge is 2.15. The maximum Gasteiger partial charge on any atom is 0.143 e. The number of anilines is 1. The molecule has 3 nitrogen and oxygen atoms in total. The van der Waals surface area contributed by atoms with Crippen LogP contribution in [-0.4, -0.2) is 6.61 Å². The van der Waals surface area contributed by atoms with E-state index in [-0.39, 0.29) is 0 Å². The number of nitriles is 1. The molecule has 0 saturated heterocycles. The summed E-state index contributed by atoms with van der Waals surface area (Å²) in [5.41, 5.74) is 1.62. The van der Waals surface area contributed by atoms with Crippen molar-refractivity contribution in [2.45, 2.75) is 13.0 Å². The summed E-state index contributed by atoms with van der Waals surface area (Å²) < 4.78 is 6.36. The van der Waals surface area contributed by atoms with Crippen LogP contribution in [0.4, 0.5) is 5.69 Å². The SMILES string of the molecule is CCOc1ccccc1C(C#N)Nc1ccc(Cl)c(Br)c1. The van der Waals surface area contributed by atoms with E-state index in [1.54, 1.807) is 6.07 Å². The van der Waals surface area contributed by atoms with E-state index in [9.17, 15) is 5.26 Å². The Morgan fingerprint density at radius 1 is 1.33 bits per heavy atom. The minimum absolute atomic E-state index is 0.499. The first-order valence-corrected chi connectivity index (χ1v) is 7.65. The average molecular weight is 366 g/mol. The standard InChI is InChI=1S/C16H14BrClN2O/c1-2-21-16-6-4-3-5-12(16)15(10-19)20-11-7-8-14(18)13(17)9-11/h3-9,15,20H,2H2,1H3. The Bertz CT molecular complexity index is 670. The van der Waals surface area contributed by atoms with Gasteiger partial charge in [-0.3, -0.25) is 0 Å². The molecule has 21 heavy (non-hydrogen) atoms. The van der Waals surface area contributed by atoms with Gasteiger partial charge in [-0.1, -0.05) is 29.8 Å². The van der Waals surface area contributed by atoms with Crippen LogP contribution in [0, 0.1) is 11.3 Å². The third-order valence-corrected chi connectivity index (χ3v) is 4.10. The number of hydrogen-bond acceptors (Lipinski definition) is 3. The first-order valence-electron chi connectivity index (χ1n) is 6.48. The van der Waals surface area contributed by atoms with Crippen LogP contribution in [-0.2, 0) is 0 Å². The van der Waals surface area contributed by atoms with Crippen molar-refractivity contribution in [1.82, 2.24) is 0 Å². The van der Waals surface area contributed by atoms with Gasteiger partial charge >= 0.3 is 0 Å². The summed E-state index contributed by atoms with van der Waals surface area (Å²) in [6.07, 6.45) is 0. The van der Waals surface area contributed by atoms with E-state index in [0.29, 0.717) is 17.4 Å². The molecular weight excluding hydrogens is 352 g/mol. The van der Waals surface area contributed by atoms with Gasteiger partial charge in [-0.15, -0.1) is 0 Å². The highest BCUT2D eigenvalue weighted by molar-refractivity contribution is 9.10. The third kappa shape index (κ3) is 3.90. The van der Waals surface area contributed by atoms with Crippen molar-refractivity contribution in [1.29, 1.82) is 5.26 Å².